The van der Waals surface area contributed by atoms with Gasteiger partial charge in [0.1, 0.15) is 17.7 Å². The standard InChI is InChI=1S/C22H25NO2S/c24-21(18-9-4-5-10-18)23-13-14-26-22(23)19-11-6-12-20(15-19)25-16-17-7-2-1-3-8-17/h1-3,6-8,11-12,15,18,22H,4-5,9-10,13-14,16H2/t22-/m0/s1. The third kappa shape index (κ3) is 3.90. The third-order valence-electron chi connectivity index (χ3n) is 5.27. The van der Waals surface area contributed by atoms with Crippen LogP contribution >= 0.6 is 11.8 Å². The van der Waals surface area contributed by atoms with Crippen LogP contribution in [-0.4, -0.2) is 23.1 Å². The molecule has 0 N–H and O–H groups in total. The van der Waals surface area contributed by atoms with Crippen LogP contribution in [0.5, 0.6) is 5.75 Å². The molecule has 1 amide bonds. The number of nitrogens with zero attached hydrogens (tertiary/aromatic N) is 1. The van der Waals surface area contributed by atoms with Gasteiger partial charge in [-0.05, 0) is 36.1 Å². The van der Waals surface area contributed by atoms with E-state index in [1.54, 1.807) is 0 Å². The monoisotopic (exact) mass is 367 g/mol. The Labute approximate surface area is 159 Å². The van der Waals surface area contributed by atoms with Gasteiger partial charge in [0, 0.05) is 18.2 Å². The first-order chi connectivity index (χ1) is 12.8. The maximum atomic E-state index is 12.9. The molecule has 1 saturated carbocycles. The molecule has 2 aromatic rings. The van der Waals surface area contributed by atoms with E-state index in [-0.39, 0.29) is 11.3 Å². The lowest BCUT2D eigenvalue weighted by atomic mass is 10.1. The fourth-order valence-corrected chi connectivity index (χ4v) is 5.13. The van der Waals surface area contributed by atoms with Crippen LogP contribution in [-0.2, 0) is 11.4 Å². The second-order valence-electron chi connectivity index (χ2n) is 7.08. The average molecular weight is 368 g/mol. The molecule has 1 heterocycles. The van der Waals surface area contributed by atoms with E-state index < -0.39 is 0 Å². The highest BCUT2D eigenvalue weighted by atomic mass is 32.2. The molecule has 0 bridgehead atoms. The summed E-state index contributed by atoms with van der Waals surface area (Å²) in [6, 6.07) is 18.4. The topological polar surface area (TPSA) is 29.5 Å². The molecule has 136 valence electrons. The molecule has 1 saturated heterocycles. The van der Waals surface area contributed by atoms with Crippen molar-refractivity contribution in [1.82, 2.24) is 4.90 Å². The summed E-state index contributed by atoms with van der Waals surface area (Å²) in [5.74, 6) is 2.48. The third-order valence-corrected chi connectivity index (χ3v) is 6.53. The van der Waals surface area contributed by atoms with Gasteiger partial charge in [-0.2, -0.15) is 0 Å². The fraction of sp³-hybridized carbons (Fsp3) is 0.409. The van der Waals surface area contributed by atoms with Crippen LogP contribution < -0.4 is 4.74 Å². The molecule has 0 unspecified atom stereocenters. The Hall–Kier alpha value is -1.94. The summed E-state index contributed by atoms with van der Waals surface area (Å²) in [6.07, 6.45) is 4.52. The van der Waals surface area contributed by atoms with Gasteiger partial charge in [-0.25, -0.2) is 0 Å². The number of carbonyl (C=O) groups excluding carboxylic acids is 1. The molecule has 4 rings (SSSR count). The van der Waals surface area contributed by atoms with Crippen LogP contribution in [0, 0.1) is 5.92 Å². The highest BCUT2D eigenvalue weighted by Gasteiger charge is 2.35. The van der Waals surface area contributed by atoms with E-state index in [2.05, 4.69) is 29.2 Å². The minimum Gasteiger partial charge on any atom is -0.489 e. The Morgan fingerprint density at radius 2 is 1.88 bits per heavy atom. The number of thioether (sulfide) groups is 1. The van der Waals surface area contributed by atoms with E-state index in [1.807, 2.05) is 42.1 Å². The van der Waals surface area contributed by atoms with Crippen LogP contribution in [0.4, 0.5) is 0 Å². The quantitative estimate of drug-likeness (QED) is 0.742. The smallest absolute Gasteiger partial charge is 0.226 e. The Morgan fingerprint density at radius 3 is 2.69 bits per heavy atom. The van der Waals surface area contributed by atoms with E-state index in [9.17, 15) is 4.79 Å². The van der Waals surface area contributed by atoms with Crippen molar-refractivity contribution in [3.8, 4) is 5.75 Å². The second kappa shape index (κ2) is 8.17. The maximum absolute atomic E-state index is 12.9. The number of ether oxygens (including phenoxy) is 1. The molecule has 2 fully saturated rings. The van der Waals surface area contributed by atoms with Gasteiger partial charge in [-0.1, -0.05) is 55.3 Å². The number of hydrogen-bond donors (Lipinski definition) is 0. The van der Waals surface area contributed by atoms with Crippen molar-refractivity contribution in [3.05, 3.63) is 65.7 Å². The average Bonchev–Trinajstić information content (AvgIpc) is 3.39. The molecule has 0 aromatic heterocycles. The van der Waals surface area contributed by atoms with Gasteiger partial charge in [-0.3, -0.25) is 4.79 Å². The highest BCUT2D eigenvalue weighted by molar-refractivity contribution is 7.99. The zero-order chi connectivity index (χ0) is 17.8. The van der Waals surface area contributed by atoms with Crippen molar-refractivity contribution in [2.45, 2.75) is 37.7 Å². The molecule has 1 aliphatic heterocycles. The van der Waals surface area contributed by atoms with E-state index in [4.69, 9.17) is 4.74 Å². The summed E-state index contributed by atoms with van der Waals surface area (Å²) in [6.45, 7) is 1.42. The van der Waals surface area contributed by atoms with Crippen molar-refractivity contribution >= 4 is 17.7 Å². The first-order valence-electron chi connectivity index (χ1n) is 9.50. The minimum atomic E-state index is 0.128. The zero-order valence-electron chi connectivity index (χ0n) is 15.0. The number of hydrogen-bond acceptors (Lipinski definition) is 3. The number of amides is 1. The summed E-state index contributed by atoms with van der Waals surface area (Å²) in [5, 5.41) is 0.128. The van der Waals surface area contributed by atoms with Crippen LogP contribution in [0.2, 0.25) is 0 Å². The van der Waals surface area contributed by atoms with E-state index in [0.717, 1.165) is 36.5 Å². The molecule has 2 aliphatic rings. The summed E-state index contributed by atoms with van der Waals surface area (Å²) < 4.78 is 5.98. The largest absolute Gasteiger partial charge is 0.489 e. The molecular weight excluding hydrogens is 342 g/mol. The summed E-state index contributed by atoms with van der Waals surface area (Å²) in [4.78, 5) is 15.0. The number of benzene rings is 2. The molecule has 26 heavy (non-hydrogen) atoms. The van der Waals surface area contributed by atoms with E-state index in [1.165, 1.54) is 18.4 Å². The Morgan fingerprint density at radius 1 is 1.08 bits per heavy atom. The van der Waals surface area contributed by atoms with Crippen molar-refractivity contribution in [2.75, 3.05) is 12.3 Å². The van der Waals surface area contributed by atoms with Gasteiger partial charge >= 0.3 is 0 Å². The number of rotatable bonds is 5. The van der Waals surface area contributed by atoms with Crippen LogP contribution in [0.1, 0.15) is 42.2 Å². The lowest BCUT2D eigenvalue weighted by Gasteiger charge is -2.27. The van der Waals surface area contributed by atoms with Gasteiger partial charge < -0.3 is 9.64 Å². The van der Waals surface area contributed by atoms with Gasteiger partial charge in [0.15, 0.2) is 0 Å². The van der Waals surface area contributed by atoms with Crippen molar-refractivity contribution in [3.63, 3.8) is 0 Å². The van der Waals surface area contributed by atoms with Gasteiger partial charge in [0.2, 0.25) is 5.91 Å². The molecule has 1 atom stereocenters. The maximum Gasteiger partial charge on any atom is 0.226 e. The summed E-state index contributed by atoms with van der Waals surface area (Å²) in [5.41, 5.74) is 2.33. The fourth-order valence-electron chi connectivity index (χ4n) is 3.88. The second-order valence-corrected chi connectivity index (χ2v) is 8.27. The SMILES string of the molecule is O=C(C1CCCC1)N1CCS[C@H]1c1cccc(OCc2ccccc2)c1. The lowest BCUT2D eigenvalue weighted by Crippen LogP contribution is -2.34. The molecular formula is C22H25NO2S. The minimum absolute atomic E-state index is 0.128. The van der Waals surface area contributed by atoms with Gasteiger partial charge in [0.05, 0.1) is 0 Å². The number of carbonyl (C=O) groups is 1. The van der Waals surface area contributed by atoms with Crippen molar-refractivity contribution in [1.29, 1.82) is 0 Å². The highest BCUT2D eigenvalue weighted by Crippen LogP contribution is 2.41. The van der Waals surface area contributed by atoms with Gasteiger partial charge in [-0.15, -0.1) is 11.8 Å². The molecule has 2 aromatic carbocycles. The predicted molar refractivity (Wildman–Crippen MR) is 106 cm³/mol. The Balaban J connectivity index is 1.45. The van der Waals surface area contributed by atoms with Crippen LogP contribution in [0.15, 0.2) is 54.6 Å². The van der Waals surface area contributed by atoms with Crippen LogP contribution in [0.3, 0.4) is 0 Å². The lowest BCUT2D eigenvalue weighted by molar-refractivity contribution is -0.135. The summed E-state index contributed by atoms with van der Waals surface area (Å²) in [7, 11) is 0. The molecule has 4 heteroatoms. The first-order valence-corrected chi connectivity index (χ1v) is 10.5. The predicted octanol–water partition coefficient (Wildman–Crippen LogP) is 5.03. The first kappa shape index (κ1) is 17.5. The molecule has 1 aliphatic carbocycles. The van der Waals surface area contributed by atoms with Gasteiger partial charge in [0.25, 0.3) is 0 Å². The normalized spacial score (nSPS) is 20.5. The summed E-state index contributed by atoms with van der Waals surface area (Å²) >= 11 is 1.86. The Bertz CT molecular complexity index is 743. The van der Waals surface area contributed by atoms with Crippen molar-refractivity contribution in [2.24, 2.45) is 5.92 Å². The zero-order valence-corrected chi connectivity index (χ0v) is 15.8. The van der Waals surface area contributed by atoms with Crippen LogP contribution in [0.25, 0.3) is 0 Å². The Kier molecular flexibility index (Phi) is 5.49. The molecule has 0 radical (unpaired) electrons. The molecule has 0 spiro atoms. The van der Waals surface area contributed by atoms with Crippen molar-refractivity contribution < 1.29 is 9.53 Å². The van der Waals surface area contributed by atoms with E-state index >= 15 is 0 Å². The van der Waals surface area contributed by atoms with E-state index in [0.29, 0.717) is 12.5 Å². The molecule has 3 nitrogen and oxygen atoms in total.